The number of thioether (sulfide) groups is 1. The molecule has 0 aliphatic carbocycles. The Hall–Kier alpha value is -1.87. The Bertz CT molecular complexity index is 559. The molecule has 3 N–H and O–H groups in total. The van der Waals surface area contributed by atoms with Crippen LogP contribution in [0.5, 0.6) is 0 Å². The summed E-state index contributed by atoms with van der Waals surface area (Å²) in [7, 11) is 1.74. The molecule has 0 saturated carbocycles. The summed E-state index contributed by atoms with van der Waals surface area (Å²) in [6.07, 6.45) is 5.38. The average molecular weight is 309 g/mol. The van der Waals surface area contributed by atoms with Gasteiger partial charge < -0.3 is 15.7 Å². The van der Waals surface area contributed by atoms with E-state index >= 15 is 0 Å². The highest BCUT2D eigenvalue weighted by Crippen LogP contribution is 2.15. The van der Waals surface area contributed by atoms with Crippen LogP contribution in [0, 0.1) is 0 Å². The Morgan fingerprint density at radius 2 is 2.10 bits per heavy atom. The first kappa shape index (κ1) is 15.5. The summed E-state index contributed by atoms with van der Waals surface area (Å²) in [4.78, 5) is 12.9. The lowest BCUT2D eigenvalue weighted by Crippen LogP contribution is -2.32. The molecule has 2 atom stereocenters. The van der Waals surface area contributed by atoms with E-state index in [0.717, 1.165) is 0 Å². The van der Waals surface area contributed by atoms with Gasteiger partial charge in [-0.05, 0) is 19.2 Å². The summed E-state index contributed by atoms with van der Waals surface area (Å²) in [5.41, 5.74) is 0. The minimum atomic E-state index is 0.0163. The van der Waals surface area contributed by atoms with Gasteiger partial charge in [-0.15, -0.1) is 0 Å². The number of nitrogens with zero attached hydrogens (tertiary/aromatic N) is 5. The van der Waals surface area contributed by atoms with Crippen molar-refractivity contribution in [2.24, 2.45) is 0 Å². The molecule has 0 spiro atoms. The fourth-order valence-electron chi connectivity index (χ4n) is 1.76. The van der Waals surface area contributed by atoms with Crippen molar-refractivity contribution in [3.8, 4) is 5.95 Å². The normalized spacial score (nSPS) is 13.7. The van der Waals surface area contributed by atoms with Gasteiger partial charge in [0.2, 0.25) is 11.9 Å². The predicted octanol–water partition coefficient (Wildman–Crippen LogP) is 0.623. The van der Waals surface area contributed by atoms with Crippen LogP contribution >= 0.6 is 11.8 Å². The first-order valence-corrected chi connectivity index (χ1v) is 7.80. The zero-order valence-corrected chi connectivity index (χ0v) is 13.0. The first-order chi connectivity index (χ1) is 10.2. The highest BCUT2D eigenvalue weighted by Gasteiger charge is 2.17. The smallest absolute Gasteiger partial charge is 0.257 e. The van der Waals surface area contributed by atoms with Crippen molar-refractivity contribution in [3.63, 3.8) is 0 Å². The minimum absolute atomic E-state index is 0.0163. The zero-order valence-electron chi connectivity index (χ0n) is 12.2. The van der Waals surface area contributed by atoms with E-state index in [1.54, 1.807) is 42.0 Å². The number of aliphatic hydroxyl groups excluding tert-OH is 1. The third-order valence-corrected chi connectivity index (χ3v) is 4.12. The number of aromatic nitrogens is 5. The Kier molecular flexibility index (Phi) is 5.34. The quantitative estimate of drug-likeness (QED) is 0.684. The highest BCUT2D eigenvalue weighted by molar-refractivity contribution is 7.99. The summed E-state index contributed by atoms with van der Waals surface area (Å²) in [5, 5.41) is 19.6. The number of nitrogens with one attached hydrogen (secondary N) is 2. The lowest BCUT2D eigenvalue weighted by atomic mass is 10.2. The van der Waals surface area contributed by atoms with Gasteiger partial charge in [-0.2, -0.15) is 31.8 Å². The Labute approximate surface area is 127 Å². The van der Waals surface area contributed by atoms with Gasteiger partial charge in [0.15, 0.2) is 0 Å². The summed E-state index contributed by atoms with van der Waals surface area (Å²) in [6, 6.07) is 1.82. The summed E-state index contributed by atoms with van der Waals surface area (Å²) in [6.45, 7) is 2.07. The van der Waals surface area contributed by atoms with Crippen molar-refractivity contribution in [1.29, 1.82) is 0 Å². The van der Waals surface area contributed by atoms with E-state index in [2.05, 4.69) is 30.7 Å². The molecule has 0 aliphatic rings. The Morgan fingerprint density at radius 3 is 2.67 bits per heavy atom. The molecule has 114 valence electrons. The van der Waals surface area contributed by atoms with Gasteiger partial charge in [0.05, 0.1) is 6.61 Å². The molecule has 0 radical (unpaired) electrons. The number of rotatable bonds is 7. The molecule has 21 heavy (non-hydrogen) atoms. The molecule has 0 amide bonds. The van der Waals surface area contributed by atoms with Crippen LogP contribution in [0.1, 0.15) is 6.92 Å². The van der Waals surface area contributed by atoms with Crippen LogP contribution in [0.15, 0.2) is 18.5 Å². The minimum Gasteiger partial charge on any atom is -0.395 e. The summed E-state index contributed by atoms with van der Waals surface area (Å²) in [5.74, 6) is 1.33. The lowest BCUT2D eigenvalue weighted by molar-refractivity contribution is 0.288. The fourth-order valence-corrected chi connectivity index (χ4v) is 2.39. The molecule has 0 fully saturated rings. The summed E-state index contributed by atoms with van der Waals surface area (Å²) < 4.78 is 1.57. The van der Waals surface area contributed by atoms with Crippen LogP contribution in [0.25, 0.3) is 5.95 Å². The van der Waals surface area contributed by atoms with E-state index < -0.39 is 0 Å². The van der Waals surface area contributed by atoms with Crippen LogP contribution in [-0.4, -0.2) is 61.0 Å². The molecule has 2 aromatic heterocycles. The predicted molar refractivity (Wildman–Crippen MR) is 84.0 cm³/mol. The van der Waals surface area contributed by atoms with E-state index in [-0.39, 0.29) is 17.9 Å². The molecule has 2 unspecified atom stereocenters. The van der Waals surface area contributed by atoms with Gasteiger partial charge >= 0.3 is 0 Å². The maximum atomic E-state index is 9.34. The molecule has 0 aliphatic heterocycles. The van der Waals surface area contributed by atoms with Crippen molar-refractivity contribution in [2.75, 3.05) is 30.5 Å². The molecule has 0 saturated heterocycles. The second-order valence-electron chi connectivity index (χ2n) is 4.37. The van der Waals surface area contributed by atoms with Crippen molar-refractivity contribution in [1.82, 2.24) is 24.7 Å². The molecule has 2 heterocycles. The van der Waals surface area contributed by atoms with Crippen LogP contribution in [-0.2, 0) is 0 Å². The molecule has 0 bridgehead atoms. The number of anilines is 2. The first-order valence-electron chi connectivity index (χ1n) is 6.52. The molecule has 9 heteroatoms. The maximum Gasteiger partial charge on any atom is 0.257 e. The molecule has 2 rings (SSSR count). The largest absolute Gasteiger partial charge is 0.395 e. The number of hydrogen-bond acceptors (Lipinski definition) is 8. The molecule has 8 nitrogen and oxygen atoms in total. The van der Waals surface area contributed by atoms with Crippen LogP contribution in [0.4, 0.5) is 11.9 Å². The SMILES string of the molecule is CNc1nc(NC(C)C(CO)SC)nc(-n2cccn2)n1. The average Bonchev–Trinajstić information content (AvgIpc) is 3.02. The fraction of sp³-hybridized carbons (Fsp3) is 0.500. The second-order valence-corrected chi connectivity index (χ2v) is 5.45. The van der Waals surface area contributed by atoms with Crippen LogP contribution in [0.2, 0.25) is 0 Å². The van der Waals surface area contributed by atoms with Gasteiger partial charge in [-0.1, -0.05) is 0 Å². The van der Waals surface area contributed by atoms with E-state index in [4.69, 9.17) is 0 Å². The van der Waals surface area contributed by atoms with Crippen molar-refractivity contribution < 1.29 is 5.11 Å². The van der Waals surface area contributed by atoms with Gasteiger partial charge in [0.25, 0.3) is 5.95 Å². The second kappa shape index (κ2) is 7.23. The van der Waals surface area contributed by atoms with Crippen molar-refractivity contribution in [2.45, 2.75) is 18.2 Å². The Balaban J connectivity index is 2.25. The van der Waals surface area contributed by atoms with Crippen molar-refractivity contribution in [3.05, 3.63) is 18.5 Å². The lowest BCUT2D eigenvalue weighted by Gasteiger charge is -2.21. The maximum absolute atomic E-state index is 9.34. The van der Waals surface area contributed by atoms with Gasteiger partial charge in [0, 0.05) is 30.7 Å². The Morgan fingerprint density at radius 1 is 1.33 bits per heavy atom. The molecule has 0 aromatic carbocycles. The standard InChI is InChI=1S/C12H19N7OS/c1-8(9(7-20)21-3)15-11-16-10(13-2)17-12(18-11)19-6-4-5-14-19/h4-6,8-9,20H,7H2,1-3H3,(H2,13,15,16,17,18). The van der Waals surface area contributed by atoms with Gasteiger partial charge in [-0.3, -0.25) is 0 Å². The molecular formula is C12H19N7OS. The van der Waals surface area contributed by atoms with Crippen molar-refractivity contribution >= 4 is 23.7 Å². The topological polar surface area (TPSA) is 101 Å². The third kappa shape index (κ3) is 3.82. The highest BCUT2D eigenvalue weighted by atomic mass is 32.2. The van der Waals surface area contributed by atoms with E-state index in [9.17, 15) is 5.11 Å². The summed E-state index contributed by atoms with van der Waals surface area (Å²) >= 11 is 1.59. The van der Waals surface area contributed by atoms with Gasteiger partial charge in [-0.25, -0.2) is 4.68 Å². The van der Waals surface area contributed by atoms with Crippen LogP contribution < -0.4 is 10.6 Å². The van der Waals surface area contributed by atoms with Gasteiger partial charge in [0.1, 0.15) is 0 Å². The zero-order chi connectivity index (χ0) is 15.2. The number of aliphatic hydroxyl groups is 1. The van der Waals surface area contributed by atoms with E-state index in [0.29, 0.717) is 17.8 Å². The molecule has 2 aromatic rings. The van der Waals surface area contributed by atoms with E-state index in [1.807, 2.05) is 13.2 Å². The monoisotopic (exact) mass is 309 g/mol. The van der Waals surface area contributed by atoms with Crippen LogP contribution in [0.3, 0.4) is 0 Å². The number of hydrogen-bond donors (Lipinski definition) is 3. The molecular weight excluding hydrogens is 290 g/mol. The van der Waals surface area contributed by atoms with E-state index in [1.165, 1.54) is 0 Å². The third-order valence-electron chi connectivity index (χ3n) is 2.95.